The molecule has 0 amide bonds. The minimum Gasteiger partial charge on any atom is -0.192 e. The van der Waals surface area contributed by atoms with Crippen LogP contribution in [0.1, 0.15) is 11.1 Å². The van der Waals surface area contributed by atoms with Crippen LogP contribution in [-0.2, 0) is 0 Å². The quantitative estimate of drug-likeness (QED) is 0.524. The van der Waals surface area contributed by atoms with Crippen LogP contribution >= 0.6 is 0 Å². The van der Waals surface area contributed by atoms with Gasteiger partial charge in [-0.2, -0.15) is 19.7 Å². The maximum absolute atomic E-state index is 9.06. The average Bonchev–Trinajstić information content (AvgIpc) is 2.79. The second-order valence-electron chi connectivity index (χ2n) is 6.31. The van der Waals surface area contributed by atoms with Gasteiger partial charge in [0.25, 0.3) is 0 Å². The van der Waals surface area contributed by atoms with E-state index in [4.69, 9.17) is 10.5 Å². The topological polar surface area (TPSA) is 55.3 Å². The van der Waals surface area contributed by atoms with Crippen LogP contribution in [0.5, 0.6) is 0 Å². The van der Waals surface area contributed by atoms with Crippen LogP contribution in [0.15, 0.2) is 97.6 Å². The minimum absolute atomic E-state index is 0.641. The van der Waals surface area contributed by atoms with Gasteiger partial charge in [-0.15, -0.1) is 0 Å². The summed E-state index contributed by atoms with van der Waals surface area (Å²) in [6.07, 6.45) is 7.96. The summed E-state index contributed by atoms with van der Waals surface area (Å²) in [7, 11) is 0. The van der Waals surface area contributed by atoms with E-state index in [9.17, 15) is 0 Å². The number of hydrogen-bond donors (Lipinski definition) is 0. The monoisotopic (exact) mass is 360 g/mol. The fraction of sp³-hybridized carbons (Fsp3) is 0. The van der Waals surface area contributed by atoms with Crippen LogP contribution in [0.2, 0.25) is 0 Å². The Morgan fingerprint density at radius 3 is 1.29 bits per heavy atom. The first-order valence-corrected chi connectivity index (χ1v) is 8.81. The first kappa shape index (κ1) is 17.1. The van der Waals surface area contributed by atoms with Gasteiger partial charge in [0, 0.05) is 48.5 Å². The van der Waals surface area contributed by atoms with E-state index in [0.717, 1.165) is 22.5 Å². The highest BCUT2D eigenvalue weighted by atomic mass is 14.9. The molecule has 4 rings (SSSR count). The molecule has 0 spiro atoms. The fourth-order valence-corrected chi connectivity index (χ4v) is 3.05. The van der Waals surface area contributed by atoms with Crippen LogP contribution < -0.4 is 9.13 Å². The molecule has 4 aromatic rings. The Hall–Kier alpha value is -4.28. The van der Waals surface area contributed by atoms with Crippen LogP contribution in [-0.4, -0.2) is 0 Å². The number of hydrogen-bond acceptors (Lipinski definition) is 2. The van der Waals surface area contributed by atoms with E-state index in [0.29, 0.717) is 11.1 Å². The van der Waals surface area contributed by atoms with Crippen molar-refractivity contribution in [3.8, 4) is 34.6 Å². The molecular weight excluding hydrogens is 344 g/mol. The first-order valence-electron chi connectivity index (χ1n) is 8.81. The van der Waals surface area contributed by atoms with E-state index in [-0.39, 0.29) is 0 Å². The lowest BCUT2D eigenvalue weighted by molar-refractivity contribution is -0.596. The SMILES string of the molecule is N#Cc1cccc(-[n+]2ccc(-c3cc[n+](-c4cccc(C#N)c4)cc3)cc2)c1. The maximum atomic E-state index is 9.06. The number of rotatable bonds is 3. The third-order valence-corrected chi connectivity index (χ3v) is 4.54. The Morgan fingerprint density at radius 1 is 0.536 bits per heavy atom. The molecule has 2 heterocycles. The van der Waals surface area contributed by atoms with Crippen LogP contribution in [0.3, 0.4) is 0 Å². The first-order chi connectivity index (χ1) is 13.8. The van der Waals surface area contributed by atoms with Crippen molar-refractivity contribution in [3.63, 3.8) is 0 Å². The Labute approximate surface area is 163 Å². The molecule has 4 heteroatoms. The molecule has 0 saturated carbocycles. The summed E-state index contributed by atoms with van der Waals surface area (Å²) in [4.78, 5) is 0. The van der Waals surface area contributed by atoms with Gasteiger partial charge in [-0.1, -0.05) is 12.1 Å². The average molecular weight is 360 g/mol. The van der Waals surface area contributed by atoms with Crippen molar-refractivity contribution in [2.45, 2.75) is 0 Å². The fourth-order valence-electron chi connectivity index (χ4n) is 3.05. The van der Waals surface area contributed by atoms with Crippen molar-refractivity contribution in [3.05, 3.63) is 109 Å². The van der Waals surface area contributed by atoms with Crippen LogP contribution in [0.25, 0.3) is 22.5 Å². The highest BCUT2D eigenvalue weighted by molar-refractivity contribution is 5.61. The molecule has 2 aromatic heterocycles. The highest BCUT2D eigenvalue weighted by Crippen LogP contribution is 2.17. The molecule has 0 aliphatic carbocycles. The molecule has 0 aliphatic rings. The molecule has 0 fully saturated rings. The van der Waals surface area contributed by atoms with Crippen molar-refractivity contribution >= 4 is 0 Å². The summed E-state index contributed by atoms with van der Waals surface area (Å²) in [6.45, 7) is 0. The molecule has 130 valence electrons. The van der Waals surface area contributed by atoms with E-state index in [1.54, 1.807) is 12.1 Å². The summed E-state index contributed by atoms with van der Waals surface area (Å²) >= 11 is 0. The van der Waals surface area contributed by atoms with Crippen molar-refractivity contribution in [2.24, 2.45) is 0 Å². The number of nitriles is 2. The molecule has 2 aromatic carbocycles. The second kappa shape index (κ2) is 7.53. The highest BCUT2D eigenvalue weighted by Gasteiger charge is 2.10. The number of aromatic nitrogens is 2. The van der Waals surface area contributed by atoms with E-state index in [1.165, 1.54) is 0 Å². The van der Waals surface area contributed by atoms with Crippen molar-refractivity contribution < 1.29 is 9.13 Å². The van der Waals surface area contributed by atoms with Gasteiger partial charge in [-0.3, -0.25) is 0 Å². The molecule has 4 nitrogen and oxygen atoms in total. The summed E-state index contributed by atoms with van der Waals surface area (Å²) in [5.74, 6) is 0. The number of pyridine rings is 2. The lowest BCUT2D eigenvalue weighted by atomic mass is 10.1. The summed E-state index contributed by atoms with van der Waals surface area (Å²) in [6, 6.07) is 27.6. The molecule has 0 bridgehead atoms. The predicted octanol–water partition coefficient (Wildman–Crippen LogP) is 3.65. The predicted molar refractivity (Wildman–Crippen MR) is 104 cm³/mol. The molecule has 0 saturated heterocycles. The molecule has 0 N–H and O–H groups in total. The van der Waals surface area contributed by atoms with Gasteiger partial charge in [-0.05, 0) is 23.3 Å². The summed E-state index contributed by atoms with van der Waals surface area (Å²) in [5.41, 5.74) is 5.39. The van der Waals surface area contributed by atoms with Crippen molar-refractivity contribution in [2.75, 3.05) is 0 Å². The van der Waals surface area contributed by atoms with E-state index < -0.39 is 0 Å². The van der Waals surface area contributed by atoms with Gasteiger partial charge in [0.1, 0.15) is 0 Å². The third-order valence-electron chi connectivity index (χ3n) is 4.54. The van der Waals surface area contributed by atoms with Crippen molar-refractivity contribution in [1.82, 2.24) is 0 Å². The molecule has 0 unspecified atom stereocenters. The molecule has 28 heavy (non-hydrogen) atoms. The van der Waals surface area contributed by atoms with E-state index in [2.05, 4.69) is 36.4 Å². The van der Waals surface area contributed by atoms with Crippen LogP contribution in [0, 0.1) is 22.7 Å². The second-order valence-corrected chi connectivity index (χ2v) is 6.31. The Morgan fingerprint density at radius 2 is 0.929 bits per heavy atom. The largest absolute Gasteiger partial charge is 0.211 e. The van der Waals surface area contributed by atoms with Gasteiger partial charge in [0.2, 0.25) is 11.4 Å². The summed E-state index contributed by atoms with van der Waals surface area (Å²) < 4.78 is 3.97. The molecule has 0 aliphatic heterocycles. The van der Waals surface area contributed by atoms with Crippen LogP contribution in [0.4, 0.5) is 0 Å². The smallest absolute Gasteiger partial charge is 0.192 e. The lowest BCUT2D eigenvalue weighted by Gasteiger charge is -2.02. The third kappa shape index (κ3) is 3.49. The number of benzene rings is 2. The Balaban J connectivity index is 1.59. The van der Waals surface area contributed by atoms with E-state index in [1.807, 2.05) is 70.3 Å². The maximum Gasteiger partial charge on any atom is 0.211 e. The molecule has 0 radical (unpaired) electrons. The lowest BCUT2D eigenvalue weighted by Crippen LogP contribution is -2.29. The van der Waals surface area contributed by atoms with Gasteiger partial charge in [0.15, 0.2) is 24.8 Å². The van der Waals surface area contributed by atoms with Gasteiger partial charge in [0.05, 0.1) is 23.3 Å². The zero-order chi connectivity index (χ0) is 19.3. The normalized spacial score (nSPS) is 10.1. The molecule has 0 atom stereocenters. The Kier molecular flexibility index (Phi) is 4.61. The minimum atomic E-state index is 0.641. The number of nitrogens with zero attached hydrogens (tertiary/aromatic N) is 4. The zero-order valence-corrected chi connectivity index (χ0v) is 15.0. The summed E-state index contributed by atoms with van der Waals surface area (Å²) in [5, 5.41) is 18.1. The Bertz CT molecular complexity index is 1110. The zero-order valence-electron chi connectivity index (χ0n) is 15.0. The van der Waals surface area contributed by atoms with Crippen molar-refractivity contribution in [1.29, 1.82) is 10.5 Å². The van der Waals surface area contributed by atoms with Gasteiger partial charge in [-0.25, -0.2) is 0 Å². The van der Waals surface area contributed by atoms with Gasteiger partial charge >= 0.3 is 0 Å². The molecular formula is C24H16N4+2. The van der Waals surface area contributed by atoms with Gasteiger partial charge < -0.3 is 0 Å². The standard InChI is InChI=1S/C24H16N4/c25-17-19-3-1-5-23(15-19)27-11-7-21(8-12-27)22-9-13-28(14-10-22)24-6-2-4-20(16-24)18-26/h1-16H/q+2. The van der Waals surface area contributed by atoms with E-state index >= 15 is 0 Å².